The molecule has 1 atom stereocenters. The molecule has 31 heavy (non-hydrogen) atoms. The lowest BCUT2D eigenvalue weighted by Crippen LogP contribution is -2.42. The van der Waals surface area contributed by atoms with Crippen LogP contribution < -0.4 is 16.0 Å². The molecule has 1 aliphatic rings. The number of morpholine rings is 1. The summed E-state index contributed by atoms with van der Waals surface area (Å²) in [6.07, 6.45) is 2.81. The number of rotatable bonds is 11. The molecule has 7 nitrogen and oxygen atoms in total. The van der Waals surface area contributed by atoms with Crippen LogP contribution in [0.5, 0.6) is 0 Å². The van der Waals surface area contributed by atoms with E-state index >= 15 is 0 Å². The van der Waals surface area contributed by atoms with Crippen LogP contribution in [0.2, 0.25) is 0 Å². The maximum Gasteiger partial charge on any atom is 0.225 e. The molecule has 1 aromatic rings. The Bertz CT molecular complexity index is 686. The largest absolute Gasteiger partial charge is 0.379 e. The third-order valence-electron chi connectivity index (χ3n) is 5.29. The molecule has 1 saturated heterocycles. The molecular formula is C24H41N5O2. The second-order valence-corrected chi connectivity index (χ2v) is 8.66. The number of amides is 1. The average molecular weight is 432 g/mol. The molecule has 0 radical (unpaired) electrons. The van der Waals surface area contributed by atoms with Crippen molar-refractivity contribution in [1.82, 2.24) is 15.5 Å². The fraction of sp³-hybridized carbons (Fsp3) is 0.667. The number of ether oxygens (including phenoxy) is 1. The van der Waals surface area contributed by atoms with E-state index in [-0.39, 0.29) is 5.91 Å². The van der Waals surface area contributed by atoms with Crippen LogP contribution in [0.15, 0.2) is 29.3 Å². The standard InChI is InChI=1S/C24H41N5O2/c1-5-25-24(27-20(4)10-9-19(2)3)26-18-21-7-6-8-22(17-21)28-23(30)11-12-29-13-15-31-16-14-29/h6-8,17,19-20H,5,9-16,18H2,1-4H3,(H,28,30)(H2,25,26,27). The van der Waals surface area contributed by atoms with Crippen molar-refractivity contribution in [3.8, 4) is 0 Å². The lowest BCUT2D eigenvalue weighted by atomic mass is 10.0. The number of benzene rings is 1. The molecule has 0 bridgehead atoms. The zero-order chi connectivity index (χ0) is 22.5. The van der Waals surface area contributed by atoms with Gasteiger partial charge in [-0.3, -0.25) is 9.69 Å². The van der Waals surface area contributed by atoms with Crippen LogP contribution >= 0.6 is 0 Å². The van der Waals surface area contributed by atoms with Crippen molar-refractivity contribution >= 4 is 17.6 Å². The number of guanidine groups is 1. The molecule has 0 aromatic heterocycles. The number of nitrogens with zero attached hydrogens (tertiary/aromatic N) is 2. The summed E-state index contributed by atoms with van der Waals surface area (Å²) in [4.78, 5) is 19.3. The lowest BCUT2D eigenvalue weighted by Gasteiger charge is -2.26. The zero-order valence-electron chi connectivity index (χ0n) is 19.7. The minimum atomic E-state index is 0.0427. The van der Waals surface area contributed by atoms with Crippen LogP contribution in [0.3, 0.4) is 0 Å². The molecule has 0 spiro atoms. The van der Waals surface area contributed by atoms with E-state index in [1.54, 1.807) is 0 Å². The summed E-state index contributed by atoms with van der Waals surface area (Å²) >= 11 is 0. The summed E-state index contributed by atoms with van der Waals surface area (Å²) in [6, 6.07) is 8.31. The second kappa shape index (κ2) is 14.0. The first kappa shape index (κ1) is 25.1. The van der Waals surface area contributed by atoms with Crippen LogP contribution in [0.1, 0.15) is 52.5 Å². The van der Waals surface area contributed by atoms with Crippen LogP contribution in [0.25, 0.3) is 0 Å². The van der Waals surface area contributed by atoms with Gasteiger partial charge in [0.25, 0.3) is 0 Å². The molecule has 0 aliphatic carbocycles. The van der Waals surface area contributed by atoms with Crippen LogP contribution in [-0.2, 0) is 16.1 Å². The Balaban J connectivity index is 1.84. The van der Waals surface area contributed by atoms with Gasteiger partial charge >= 0.3 is 0 Å². The smallest absolute Gasteiger partial charge is 0.225 e. The van der Waals surface area contributed by atoms with Gasteiger partial charge in [0.05, 0.1) is 19.8 Å². The molecule has 174 valence electrons. The van der Waals surface area contributed by atoms with Gasteiger partial charge in [-0.1, -0.05) is 26.0 Å². The van der Waals surface area contributed by atoms with Crippen molar-refractivity contribution in [2.45, 2.75) is 59.5 Å². The Morgan fingerprint density at radius 2 is 1.97 bits per heavy atom. The molecule has 1 amide bonds. The Labute approximate surface area is 188 Å². The van der Waals surface area contributed by atoms with Crippen molar-refractivity contribution in [3.63, 3.8) is 0 Å². The Hall–Kier alpha value is -2.12. The van der Waals surface area contributed by atoms with E-state index in [9.17, 15) is 4.79 Å². The predicted octanol–water partition coefficient (Wildman–Crippen LogP) is 3.23. The fourth-order valence-electron chi connectivity index (χ4n) is 3.43. The number of carbonyl (C=O) groups is 1. The third-order valence-corrected chi connectivity index (χ3v) is 5.29. The number of nitrogens with one attached hydrogen (secondary N) is 3. The van der Waals surface area contributed by atoms with E-state index in [0.717, 1.165) is 63.0 Å². The van der Waals surface area contributed by atoms with Crippen LogP contribution in [-0.4, -0.2) is 62.2 Å². The Kier molecular flexibility index (Phi) is 11.4. The highest BCUT2D eigenvalue weighted by Gasteiger charge is 2.12. The SMILES string of the molecule is CCNC(=NCc1cccc(NC(=O)CCN2CCOCC2)c1)NC(C)CCC(C)C. The maximum atomic E-state index is 12.3. The summed E-state index contributed by atoms with van der Waals surface area (Å²) in [7, 11) is 0. The highest BCUT2D eigenvalue weighted by atomic mass is 16.5. The number of hydrogen-bond acceptors (Lipinski definition) is 4. The number of hydrogen-bond donors (Lipinski definition) is 3. The van der Waals surface area contributed by atoms with Gasteiger partial charge < -0.3 is 20.7 Å². The lowest BCUT2D eigenvalue weighted by molar-refractivity contribution is -0.116. The normalized spacial score (nSPS) is 16.2. The van der Waals surface area contributed by atoms with Gasteiger partial charge in [0.15, 0.2) is 5.96 Å². The highest BCUT2D eigenvalue weighted by molar-refractivity contribution is 5.90. The minimum Gasteiger partial charge on any atom is -0.379 e. The molecule has 0 saturated carbocycles. The first-order chi connectivity index (χ1) is 15.0. The van der Waals surface area contributed by atoms with Crippen molar-refractivity contribution in [2.75, 3.05) is 44.7 Å². The van der Waals surface area contributed by atoms with E-state index < -0.39 is 0 Å². The molecular weight excluding hydrogens is 390 g/mol. The third kappa shape index (κ3) is 10.6. The molecule has 2 rings (SSSR count). The van der Waals surface area contributed by atoms with Crippen LogP contribution in [0, 0.1) is 5.92 Å². The highest BCUT2D eigenvalue weighted by Crippen LogP contribution is 2.12. The van der Waals surface area contributed by atoms with Crippen molar-refractivity contribution in [1.29, 1.82) is 0 Å². The van der Waals surface area contributed by atoms with Crippen LogP contribution in [0.4, 0.5) is 5.69 Å². The molecule has 1 unspecified atom stereocenters. The number of anilines is 1. The first-order valence-corrected chi connectivity index (χ1v) is 11.7. The number of aliphatic imine (C=N–C) groups is 1. The predicted molar refractivity (Wildman–Crippen MR) is 128 cm³/mol. The quantitative estimate of drug-likeness (QED) is 0.370. The fourth-order valence-corrected chi connectivity index (χ4v) is 3.43. The van der Waals surface area contributed by atoms with E-state index in [2.05, 4.69) is 48.5 Å². The van der Waals surface area contributed by atoms with Gasteiger partial charge in [-0.25, -0.2) is 4.99 Å². The molecule has 1 fully saturated rings. The van der Waals surface area contributed by atoms with E-state index in [1.807, 2.05) is 24.3 Å². The number of carbonyl (C=O) groups excluding carboxylic acids is 1. The topological polar surface area (TPSA) is 78.0 Å². The zero-order valence-corrected chi connectivity index (χ0v) is 19.7. The van der Waals surface area contributed by atoms with Gasteiger partial charge in [-0.05, 0) is 50.3 Å². The summed E-state index contributed by atoms with van der Waals surface area (Å²) in [5.41, 5.74) is 1.89. The first-order valence-electron chi connectivity index (χ1n) is 11.7. The summed E-state index contributed by atoms with van der Waals surface area (Å²) < 4.78 is 5.35. The summed E-state index contributed by atoms with van der Waals surface area (Å²) in [5.74, 6) is 1.58. The molecule has 1 heterocycles. The molecule has 7 heteroatoms. The van der Waals surface area contributed by atoms with E-state index in [1.165, 1.54) is 6.42 Å². The monoisotopic (exact) mass is 431 g/mol. The van der Waals surface area contributed by atoms with Crippen molar-refractivity contribution in [3.05, 3.63) is 29.8 Å². The van der Waals surface area contributed by atoms with E-state index in [4.69, 9.17) is 9.73 Å². The second-order valence-electron chi connectivity index (χ2n) is 8.66. The van der Waals surface area contributed by atoms with E-state index in [0.29, 0.717) is 24.9 Å². The van der Waals surface area contributed by atoms with Crippen molar-refractivity contribution in [2.24, 2.45) is 10.9 Å². The maximum absolute atomic E-state index is 12.3. The van der Waals surface area contributed by atoms with Gasteiger partial charge in [0.2, 0.25) is 5.91 Å². The summed E-state index contributed by atoms with van der Waals surface area (Å²) in [5, 5.41) is 9.83. The van der Waals surface area contributed by atoms with Gasteiger partial charge in [0.1, 0.15) is 0 Å². The van der Waals surface area contributed by atoms with Gasteiger partial charge in [-0.15, -0.1) is 0 Å². The Morgan fingerprint density at radius 1 is 1.19 bits per heavy atom. The Morgan fingerprint density at radius 3 is 2.68 bits per heavy atom. The molecule has 1 aromatic carbocycles. The average Bonchev–Trinajstić information content (AvgIpc) is 2.76. The molecule has 3 N–H and O–H groups in total. The summed E-state index contributed by atoms with van der Waals surface area (Å²) in [6.45, 7) is 14.2. The van der Waals surface area contributed by atoms with Gasteiger partial charge in [0, 0.05) is 44.3 Å². The minimum absolute atomic E-state index is 0.0427. The van der Waals surface area contributed by atoms with Gasteiger partial charge in [-0.2, -0.15) is 0 Å². The molecule has 1 aliphatic heterocycles. The van der Waals surface area contributed by atoms with Crippen molar-refractivity contribution < 1.29 is 9.53 Å².